The Bertz CT molecular complexity index is 669. The second-order valence-electron chi connectivity index (χ2n) is 5.14. The summed E-state index contributed by atoms with van der Waals surface area (Å²) < 4.78 is 0. The van der Waals surface area contributed by atoms with Crippen LogP contribution in [0.5, 0.6) is 0 Å². The molecule has 0 amide bonds. The molecular formula is C14H25ClN8O. The normalized spacial score (nSPS) is 11.5. The lowest BCUT2D eigenvalue weighted by Crippen LogP contribution is -2.21. The van der Waals surface area contributed by atoms with Crippen molar-refractivity contribution >= 4 is 47.0 Å². The van der Waals surface area contributed by atoms with Crippen molar-refractivity contribution in [3.8, 4) is 0 Å². The van der Waals surface area contributed by atoms with Gasteiger partial charge in [-0.2, -0.15) is 9.97 Å². The van der Waals surface area contributed by atoms with Gasteiger partial charge in [0.15, 0.2) is 11.6 Å². The molecule has 0 aliphatic carbocycles. The Kier molecular flexibility index (Phi) is 7.66. The van der Waals surface area contributed by atoms with E-state index in [1.54, 1.807) is 14.1 Å². The summed E-state index contributed by atoms with van der Waals surface area (Å²) in [6.45, 7) is 4.72. The van der Waals surface area contributed by atoms with Gasteiger partial charge in [0.1, 0.15) is 11.0 Å². The Balaban J connectivity index is 0.00000288. The van der Waals surface area contributed by atoms with Gasteiger partial charge in [0, 0.05) is 26.7 Å². The number of nitrogens with one attached hydrogen (secondary N) is 4. The van der Waals surface area contributed by atoms with Gasteiger partial charge in [0.2, 0.25) is 11.9 Å². The lowest BCUT2D eigenvalue weighted by molar-refractivity contribution is 0.281. The van der Waals surface area contributed by atoms with Gasteiger partial charge < -0.3 is 26.4 Å². The zero-order chi connectivity index (χ0) is 16.8. The van der Waals surface area contributed by atoms with E-state index in [2.05, 4.69) is 48.1 Å². The van der Waals surface area contributed by atoms with Crippen molar-refractivity contribution in [3.05, 3.63) is 0 Å². The van der Waals surface area contributed by atoms with E-state index in [0.29, 0.717) is 34.6 Å². The highest BCUT2D eigenvalue weighted by Crippen LogP contribution is 2.27. The fraction of sp³-hybridized carbons (Fsp3) is 0.571. The predicted octanol–water partition coefficient (Wildman–Crippen LogP) is 1.54. The molecule has 0 radical (unpaired) electrons. The molecule has 9 nitrogen and oxygen atoms in total. The SMILES string of the molecule is CCCNc1nc(NC)nc2c(N[C@@H](C)CO)nc(NC)nc12.Cl. The number of aliphatic hydroxyl groups excluding tert-OH is 1. The van der Waals surface area contributed by atoms with Crippen LogP contribution in [0, 0.1) is 0 Å². The van der Waals surface area contributed by atoms with E-state index in [9.17, 15) is 5.11 Å². The number of rotatable bonds is 8. The first kappa shape index (κ1) is 19.9. The van der Waals surface area contributed by atoms with Crippen LogP contribution in [-0.4, -0.2) is 58.3 Å². The average molecular weight is 357 g/mol. The third-order valence-corrected chi connectivity index (χ3v) is 3.19. The van der Waals surface area contributed by atoms with E-state index >= 15 is 0 Å². The third-order valence-electron chi connectivity index (χ3n) is 3.19. The van der Waals surface area contributed by atoms with E-state index < -0.39 is 0 Å². The zero-order valence-corrected chi connectivity index (χ0v) is 15.2. The maximum atomic E-state index is 9.29. The van der Waals surface area contributed by atoms with Gasteiger partial charge in [-0.1, -0.05) is 6.92 Å². The molecule has 0 aliphatic heterocycles. The Labute approximate surface area is 147 Å². The van der Waals surface area contributed by atoms with Gasteiger partial charge in [-0.05, 0) is 13.3 Å². The summed E-state index contributed by atoms with van der Waals surface area (Å²) in [6, 6.07) is -0.155. The van der Waals surface area contributed by atoms with Crippen molar-refractivity contribution in [2.75, 3.05) is 48.5 Å². The molecule has 24 heavy (non-hydrogen) atoms. The van der Waals surface area contributed by atoms with Gasteiger partial charge in [-0.25, -0.2) is 9.97 Å². The molecule has 134 valence electrons. The highest BCUT2D eigenvalue weighted by atomic mass is 35.5. The molecule has 2 aromatic heterocycles. The van der Waals surface area contributed by atoms with Crippen LogP contribution in [-0.2, 0) is 0 Å². The summed E-state index contributed by atoms with van der Waals surface area (Å²) in [5.74, 6) is 2.15. The van der Waals surface area contributed by atoms with Gasteiger partial charge in [0.05, 0.1) is 6.61 Å². The topological polar surface area (TPSA) is 120 Å². The smallest absolute Gasteiger partial charge is 0.225 e. The minimum absolute atomic E-state index is 0. The summed E-state index contributed by atoms with van der Waals surface area (Å²) in [5.41, 5.74) is 1.23. The first-order chi connectivity index (χ1) is 11.1. The van der Waals surface area contributed by atoms with Crippen LogP contribution in [0.3, 0.4) is 0 Å². The molecular weight excluding hydrogens is 332 g/mol. The molecule has 0 aromatic carbocycles. The fourth-order valence-corrected chi connectivity index (χ4v) is 1.99. The molecule has 2 heterocycles. The largest absolute Gasteiger partial charge is 0.394 e. The van der Waals surface area contributed by atoms with Crippen LogP contribution in [0.2, 0.25) is 0 Å². The molecule has 5 N–H and O–H groups in total. The molecule has 0 unspecified atom stereocenters. The molecule has 0 fully saturated rings. The van der Waals surface area contributed by atoms with E-state index in [0.717, 1.165) is 13.0 Å². The Morgan fingerprint density at radius 3 is 2.00 bits per heavy atom. The van der Waals surface area contributed by atoms with Crippen LogP contribution < -0.4 is 21.3 Å². The van der Waals surface area contributed by atoms with Gasteiger partial charge in [-0.3, -0.25) is 0 Å². The second-order valence-corrected chi connectivity index (χ2v) is 5.14. The second kappa shape index (κ2) is 9.24. The number of hydrogen-bond donors (Lipinski definition) is 5. The van der Waals surface area contributed by atoms with Crippen molar-refractivity contribution in [3.63, 3.8) is 0 Å². The van der Waals surface area contributed by atoms with Crippen molar-refractivity contribution in [2.45, 2.75) is 26.3 Å². The number of anilines is 4. The summed E-state index contributed by atoms with van der Waals surface area (Å²) in [4.78, 5) is 17.8. The van der Waals surface area contributed by atoms with Crippen LogP contribution in [0.4, 0.5) is 23.5 Å². The minimum atomic E-state index is -0.155. The monoisotopic (exact) mass is 356 g/mol. The molecule has 0 saturated carbocycles. The molecule has 10 heteroatoms. The van der Waals surface area contributed by atoms with Crippen LogP contribution in [0.15, 0.2) is 0 Å². The number of nitrogens with zero attached hydrogens (tertiary/aromatic N) is 4. The van der Waals surface area contributed by atoms with Crippen LogP contribution in [0.25, 0.3) is 11.0 Å². The highest BCUT2D eigenvalue weighted by molar-refractivity contribution is 5.94. The van der Waals surface area contributed by atoms with E-state index in [4.69, 9.17) is 0 Å². The number of aromatic nitrogens is 4. The number of aliphatic hydroxyl groups is 1. The molecule has 0 saturated heterocycles. The fourth-order valence-electron chi connectivity index (χ4n) is 1.99. The minimum Gasteiger partial charge on any atom is -0.394 e. The molecule has 2 aromatic rings. The average Bonchev–Trinajstić information content (AvgIpc) is 2.59. The standard InChI is InChI=1S/C14H24N8O.ClH/c1-5-6-17-11-9-10(20-13(15-3)21-11)12(18-8(2)7-23)22-14(16-4)19-9;/h8,23H,5-7H2,1-4H3,(H2,15,17,20,21)(H2,16,18,19,22);1H/t8-;/m0./s1. The molecule has 1 atom stereocenters. The van der Waals surface area contributed by atoms with Crippen molar-refractivity contribution in [2.24, 2.45) is 0 Å². The maximum absolute atomic E-state index is 9.29. The lowest BCUT2D eigenvalue weighted by Gasteiger charge is -2.16. The first-order valence-corrected chi connectivity index (χ1v) is 7.69. The lowest BCUT2D eigenvalue weighted by atomic mass is 10.3. The summed E-state index contributed by atoms with van der Waals surface area (Å²) in [6.07, 6.45) is 0.969. The number of fused-ring (bicyclic) bond motifs is 1. The highest BCUT2D eigenvalue weighted by Gasteiger charge is 2.16. The van der Waals surface area contributed by atoms with Crippen molar-refractivity contribution in [1.82, 2.24) is 19.9 Å². The van der Waals surface area contributed by atoms with Gasteiger partial charge in [-0.15, -0.1) is 12.4 Å². The predicted molar refractivity (Wildman–Crippen MR) is 100 cm³/mol. The summed E-state index contributed by atoms with van der Waals surface area (Å²) >= 11 is 0. The van der Waals surface area contributed by atoms with E-state index in [1.807, 2.05) is 6.92 Å². The van der Waals surface area contributed by atoms with E-state index in [-0.39, 0.29) is 25.1 Å². The Morgan fingerprint density at radius 2 is 1.50 bits per heavy atom. The van der Waals surface area contributed by atoms with Crippen molar-refractivity contribution < 1.29 is 5.11 Å². The van der Waals surface area contributed by atoms with Crippen LogP contribution >= 0.6 is 12.4 Å². The third kappa shape index (κ3) is 4.45. The summed E-state index contributed by atoms with van der Waals surface area (Å²) in [7, 11) is 3.51. The molecule has 2 rings (SSSR count). The zero-order valence-electron chi connectivity index (χ0n) is 14.3. The molecule has 0 spiro atoms. The Hall–Kier alpha value is -2.13. The van der Waals surface area contributed by atoms with Gasteiger partial charge in [0.25, 0.3) is 0 Å². The van der Waals surface area contributed by atoms with Crippen molar-refractivity contribution in [1.29, 1.82) is 0 Å². The van der Waals surface area contributed by atoms with Crippen LogP contribution in [0.1, 0.15) is 20.3 Å². The summed E-state index contributed by atoms with van der Waals surface area (Å²) in [5, 5.41) is 21.6. The van der Waals surface area contributed by atoms with Gasteiger partial charge >= 0.3 is 0 Å². The Morgan fingerprint density at radius 1 is 0.958 bits per heavy atom. The number of halogens is 1. The maximum Gasteiger partial charge on any atom is 0.225 e. The molecule has 0 aliphatic rings. The molecule has 0 bridgehead atoms. The quantitative estimate of drug-likeness (QED) is 0.479. The number of hydrogen-bond acceptors (Lipinski definition) is 9. The van der Waals surface area contributed by atoms with E-state index in [1.165, 1.54) is 0 Å². The first-order valence-electron chi connectivity index (χ1n) is 7.69.